The molecule has 0 unspecified atom stereocenters. The molecule has 0 fully saturated rings. The Balaban J connectivity index is 1.97. The Morgan fingerprint density at radius 2 is 2.05 bits per heavy atom. The van der Waals surface area contributed by atoms with Crippen molar-refractivity contribution in [3.63, 3.8) is 0 Å². The molecule has 0 aliphatic carbocycles. The second-order valence-corrected chi connectivity index (χ2v) is 4.53. The maximum absolute atomic E-state index is 5.79. The summed E-state index contributed by atoms with van der Waals surface area (Å²) >= 11 is 0. The molecule has 1 heterocycles. The van der Waals surface area contributed by atoms with Crippen molar-refractivity contribution in [3.8, 4) is 5.75 Å². The lowest BCUT2D eigenvalue weighted by atomic mass is 10.1. The van der Waals surface area contributed by atoms with Gasteiger partial charge in [0.15, 0.2) is 5.75 Å². The molecular formula is C15H21N3O. The summed E-state index contributed by atoms with van der Waals surface area (Å²) in [6.07, 6.45) is 4.80. The molecule has 2 aromatic rings. The van der Waals surface area contributed by atoms with Crippen LogP contribution in [0.3, 0.4) is 0 Å². The molecule has 0 radical (unpaired) electrons. The van der Waals surface area contributed by atoms with E-state index in [2.05, 4.69) is 35.5 Å². The summed E-state index contributed by atoms with van der Waals surface area (Å²) in [6, 6.07) is 8.31. The SMILES string of the molecule is CCCn1cc(OCc2ccccc2CNC)cn1. The number of nitrogens with one attached hydrogen (secondary N) is 1. The van der Waals surface area contributed by atoms with Crippen LogP contribution in [-0.4, -0.2) is 16.8 Å². The minimum atomic E-state index is 0.579. The van der Waals surface area contributed by atoms with Crippen molar-refractivity contribution in [2.24, 2.45) is 0 Å². The third-order valence-corrected chi connectivity index (χ3v) is 2.94. The van der Waals surface area contributed by atoms with E-state index in [0.717, 1.165) is 25.3 Å². The zero-order valence-electron chi connectivity index (χ0n) is 11.6. The van der Waals surface area contributed by atoms with Crippen LogP contribution in [0.15, 0.2) is 36.7 Å². The van der Waals surface area contributed by atoms with E-state index < -0.39 is 0 Å². The lowest BCUT2D eigenvalue weighted by Crippen LogP contribution is -2.09. The third kappa shape index (κ3) is 3.83. The highest BCUT2D eigenvalue weighted by Crippen LogP contribution is 2.14. The van der Waals surface area contributed by atoms with Gasteiger partial charge in [-0.25, -0.2) is 0 Å². The highest BCUT2D eigenvalue weighted by atomic mass is 16.5. The van der Waals surface area contributed by atoms with E-state index in [9.17, 15) is 0 Å². The molecule has 1 aromatic carbocycles. The van der Waals surface area contributed by atoms with E-state index >= 15 is 0 Å². The summed E-state index contributed by atoms with van der Waals surface area (Å²) in [7, 11) is 1.95. The van der Waals surface area contributed by atoms with Gasteiger partial charge in [-0.3, -0.25) is 4.68 Å². The van der Waals surface area contributed by atoms with E-state index in [1.54, 1.807) is 6.20 Å². The van der Waals surface area contributed by atoms with Gasteiger partial charge in [-0.1, -0.05) is 31.2 Å². The van der Waals surface area contributed by atoms with Crippen LogP contribution in [0.2, 0.25) is 0 Å². The van der Waals surface area contributed by atoms with Crippen LogP contribution in [0.1, 0.15) is 24.5 Å². The fourth-order valence-electron chi connectivity index (χ4n) is 1.99. The van der Waals surface area contributed by atoms with E-state index in [0.29, 0.717) is 6.61 Å². The summed E-state index contributed by atoms with van der Waals surface area (Å²) in [4.78, 5) is 0. The maximum atomic E-state index is 5.79. The average Bonchev–Trinajstić information content (AvgIpc) is 2.86. The van der Waals surface area contributed by atoms with Crippen LogP contribution < -0.4 is 10.1 Å². The topological polar surface area (TPSA) is 39.1 Å². The van der Waals surface area contributed by atoms with Gasteiger partial charge in [0.05, 0.1) is 12.4 Å². The second-order valence-electron chi connectivity index (χ2n) is 4.53. The van der Waals surface area contributed by atoms with Gasteiger partial charge in [0.25, 0.3) is 0 Å². The number of rotatable bonds is 7. The van der Waals surface area contributed by atoms with E-state index in [1.807, 2.05) is 24.0 Å². The Morgan fingerprint density at radius 1 is 1.26 bits per heavy atom. The van der Waals surface area contributed by atoms with Gasteiger partial charge < -0.3 is 10.1 Å². The summed E-state index contributed by atoms with van der Waals surface area (Å²) in [6.45, 7) is 4.50. The largest absolute Gasteiger partial charge is 0.486 e. The molecule has 0 saturated heterocycles. The second kappa shape index (κ2) is 6.95. The highest BCUT2D eigenvalue weighted by Gasteiger charge is 2.03. The molecule has 2 rings (SSSR count). The number of benzene rings is 1. The molecule has 102 valence electrons. The molecule has 0 atom stereocenters. The van der Waals surface area contributed by atoms with Crippen LogP contribution >= 0.6 is 0 Å². The van der Waals surface area contributed by atoms with Crippen molar-refractivity contribution in [2.75, 3.05) is 7.05 Å². The number of aromatic nitrogens is 2. The van der Waals surface area contributed by atoms with Gasteiger partial charge in [0.2, 0.25) is 0 Å². The van der Waals surface area contributed by atoms with Gasteiger partial charge in [0, 0.05) is 13.1 Å². The first-order valence-corrected chi connectivity index (χ1v) is 6.70. The summed E-state index contributed by atoms with van der Waals surface area (Å²) in [5.41, 5.74) is 2.48. The standard InChI is InChI=1S/C15H21N3O/c1-3-8-18-11-15(10-17-18)19-12-14-7-5-4-6-13(14)9-16-2/h4-7,10-11,16H,3,8-9,12H2,1-2H3. The highest BCUT2D eigenvalue weighted by molar-refractivity contribution is 5.27. The predicted molar refractivity (Wildman–Crippen MR) is 76.1 cm³/mol. The zero-order valence-corrected chi connectivity index (χ0v) is 11.6. The van der Waals surface area contributed by atoms with Crippen LogP contribution in [-0.2, 0) is 19.7 Å². The summed E-state index contributed by atoms with van der Waals surface area (Å²) in [5.74, 6) is 0.827. The Kier molecular flexibility index (Phi) is 4.98. The van der Waals surface area contributed by atoms with Crippen molar-refractivity contribution in [1.29, 1.82) is 0 Å². The minimum absolute atomic E-state index is 0.579. The molecule has 4 heteroatoms. The first-order valence-electron chi connectivity index (χ1n) is 6.70. The average molecular weight is 259 g/mol. The fourth-order valence-corrected chi connectivity index (χ4v) is 1.99. The first-order chi connectivity index (χ1) is 9.33. The molecular weight excluding hydrogens is 238 g/mol. The predicted octanol–water partition coefficient (Wildman–Crippen LogP) is 2.59. The van der Waals surface area contributed by atoms with Gasteiger partial charge in [-0.05, 0) is 24.6 Å². The fraction of sp³-hybridized carbons (Fsp3) is 0.400. The molecule has 0 aliphatic rings. The van der Waals surface area contributed by atoms with E-state index in [4.69, 9.17) is 4.74 Å². The Bertz CT molecular complexity index is 508. The number of ether oxygens (including phenoxy) is 1. The number of hydrogen-bond donors (Lipinski definition) is 1. The normalized spacial score (nSPS) is 10.6. The van der Waals surface area contributed by atoms with Crippen molar-refractivity contribution in [2.45, 2.75) is 33.0 Å². The van der Waals surface area contributed by atoms with Crippen molar-refractivity contribution in [3.05, 3.63) is 47.8 Å². The molecule has 0 aliphatic heterocycles. The van der Waals surface area contributed by atoms with Crippen LogP contribution in [0.5, 0.6) is 5.75 Å². The van der Waals surface area contributed by atoms with Crippen LogP contribution in [0, 0.1) is 0 Å². The number of nitrogens with zero attached hydrogens (tertiary/aromatic N) is 2. The monoisotopic (exact) mass is 259 g/mol. The molecule has 4 nitrogen and oxygen atoms in total. The Hall–Kier alpha value is -1.81. The minimum Gasteiger partial charge on any atom is -0.486 e. The van der Waals surface area contributed by atoms with Gasteiger partial charge >= 0.3 is 0 Å². The lowest BCUT2D eigenvalue weighted by molar-refractivity contribution is 0.304. The zero-order chi connectivity index (χ0) is 13.5. The van der Waals surface area contributed by atoms with E-state index in [1.165, 1.54) is 11.1 Å². The van der Waals surface area contributed by atoms with Crippen molar-refractivity contribution >= 4 is 0 Å². The summed E-state index contributed by atoms with van der Waals surface area (Å²) in [5, 5.41) is 7.43. The molecule has 0 saturated carbocycles. The summed E-state index contributed by atoms with van der Waals surface area (Å²) < 4.78 is 7.71. The Morgan fingerprint density at radius 3 is 2.79 bits per heavy atom. The van der Waals surface area contributed by atoms with Gasteiger partial charge in [-0.2, -0.15) is 5.10 Å². The van der Waals surface area contributed by atoms with Crippen molar-refractivity contribution in [1.82, 2.24) is 15.1 Å². The maximum Gasteiger partial charge on any atom is 0.157 e. The third-order valence-electron chi connectivity index (χ3n) is 2.94. The quantitative estimate of drug-likeness (QED) is 0.830. The first kappa shape index (κ1) is 13.6. The molecule has 0 bridgehead atoms. The van der Waals surface area contributed by atoms with Gasteiger partial charge in [-0.15, -0.1) is 0 Å². The van der Waals surface area contributed by atoms with Crippen LogP contribution in [0.4, 0.5) is 0 Å². The van der Waals surface area contributed by atoms with Crippen molar-refractivity contribution < 1.29 is 4.74 Å². The van der Waals surface area contributed by atoms with Gasteiger partial charge in [0.1, 0.15) is 6.61 Å². The molecule has 0 amide bonds. The molecule has 1 aromatic heterocycles. The molecule has 0 spiro atoms. The number of hydrogen-bond acceptors (Lipinski definition) is 3. The lowest BCUT2D eigenvalue weighted by Gasteiger charge is -2.09. The van der Waals surface area contributed by atoms with E-state index in [-0.39, 0.29) is 0 Å². The molecule has 1 N–H and O–H groups in total. The smallest absolute Gasteiger partial charge is 0.157 e. The number of aryl methyl sites for hydroxylation is 1. The molecule has 19 heavy (non-hydrogen) atoms. The van der Waals surface area contributed by atoms with Crippen LogP contribution in [0.25, 0.3) is 0 Å². The Labute approximate surface area is 114 Å².